The summed E-state index contributed by atoms with van der Waals surface area (Å²) in [4.78, 5) is 16.6. The fraction of sp³-hybridized carbons (Fsp3) is 0.368. The SMILES string of the molecule is CCSNc1ccc(CC(=O)N2CCN(c3ccc(C#N)nn3)CC2)cc1. The van der Waals surface area contributed by atoms with Crippen molar-refractivity contribution in [3.8, 4) is 6.07 Å². The minimum absolute atomic E-state index is 0.143. The van der Waals surface area contributed by atoms with Crippen molar-refractivity contribution in [2.45, 2.75) is 13.3 Å². The number of amides is 1. The van der Waals surface area contributed by atoms with E-state index in [4.69, 9.17) is 5.26 Å². The molecule has 27 heavy (non-hydrogen) atoms. The number of nitrogens with one attached hydrogen (secondary N) is 1. The Morgan fingerprint density at radius 1 is 1.15 bits per heavy atom. The summed E-state index contributed by atoms with van der Waals surface area (Å²) >= 11 is 1.65. The van der Waals surface area contributed by atoms with Crippen LogP contribution in [-0.2, 0) is 11.2 Å². The predicted octanol–water partition coefficient (Wildman–Crippen LogP) is 2.32. The fourth-order valence-electron chi connectivity index (χ4n) is 2.87. The third kappa shape index (κ3) is 5.11. The van der Waals surface area contributed by atoms with Crippen molar-refractivity contribution < 1.29 is 4.79 Å². The Kier molecular flexibility index (Phi) is 6.49. The van der Waals surface area contributed by atoms with Gasteiger partial charge in [0.25, 0.3) is 0 Å². The topological polar surface area (TPSA) is 85.2 Å². The Morgan fingerprint density at radius 3 is 2.48 bits per heavy atom. The summed E-state index contributed by atoms with van der Waals surface area (Å²) in [5.74, 6) is 1.89. The molecule has 1 amide bonds. The Balaban J connectivity index is 1.50. The molecule has 1 N–H and O–H groups in total. The first-order valence-electron chi connectivity index (χ1n) is 8.93. The molecule has 0 aliphatic carbocycles. The first-order valence-corrected chi connectivity index (χ1v) is 9.91. The van der Waals surface area contributed by atoms with Gasteiger partial charge in [-0.25, -0.2) is 0 Å². The number of piperazine rings is 1. The number of benzene rings is 1. The minimum atomic E-state index is 0.143. The van der Waals surface area contributed by atoms with Gasteiger partial charge in [0.05, 0.1) is 6.42 Å². The van der Waals surface area contributed by atoms with Crippen LogP contribution in [0, 0.1) is 11.3 Å². The van der Waals surface area contributed by atoms with Gasteiger partial charge >= 0.3 is 0 Å². The van der Waals surface area contributed by atoms with E-state index in [1.54, 1.807) is 24.1 Å². The van der Waals surface area contributed by atoms with Crippen LogP contribution in [-0.4, -0.2) is 52.9 Å². The molecule has 8 heteroatoms. The maximum atomic E-state index is 12.6. The molecule has 2 aromatic rings. The number of hydrogen-bond acceptors (Lipinski definition) is 7. The van der Waals surface area contributed by atoms with Gasteiger partial charge in [0.2, 0.25) is 5.91 Å². The maximum absolute atomic E-state index is 12.6. The molecule has 0 spiro atoms. The minimum Gasteiger partial charge on any atom is -0.352 e. The summed E-state index contributed by atoms with van der Waals surface area (Å²) in [5, 5.41) is 16.7. The van der Waals surface area contributed by atoms with Crippen LogP contribution in [0.25, 0.3) is 0 Å². The monoisotopic (exact) mass is 382 g/mol. The molecule has 0 bridgehead atoms. The van der Waals surface area contributed by atoms with Crippen LogP contribution in [0.5, 0.6) is 0 Å². The zero-order chi connectivity index (χ0) is 19.1. The van der Waals surface area contributed by atoms with Crippen LogP contribution >= 0.6 is 11.9 Å². The Hall–Kier alpha value is -2.79. The normalized spacial score (nSPS) is 13.9. The van der Waals surface area contributed by atoms with Crippen molar-refractivity contribution in [2.75, 3.05) is 41.6 Å². The van der Waals surface area contributed by atoms with Gasteiger partial charge in [-0.1, -0.05) is 31.0 Å². The smallest absolute Gasteiger partial charge is 0.227 e. The second-order valence-electron chi connectivity index (χ2n) is 6.17. The Labute approximate surface area is 163 Å². The third-order valence-electron chi connectivity index (χ3n) is 4.37. The molecule has 140 valence electrons. The third-order valence-corrected chi connectivity index (χ3v) is 5.03. The van der Waals surface area contributed by atoms with Crippen LogP contribution in [0.15, 0.2) is 36.4 Å². The largest absolute Gasteiger partial charge is 0.352 e. The number of carbonyl (C=O) groups is 1. The van der Waals surface area contributed by atoms with Gasteiger partial charge in [0, 0.05) is 37.6 Å². The number of hydrogen-bond donors (Lipinski definition) is 1. The average Bonchev–Trinajstić information content (AvgIpc) is 2.73. The zero-order valence-electron chi connectivity index (χ0n) is 15.3. The lowest BCUT2D eigenvalue weighted by molar-refractivity contribution is -0.130. The Morgan fingerprint density at radius 2 is 1.89 bits per heavy atom. The summed E-state index contributed by atoms with van der Waals surface area (Å²) in [6.45, 7) is 4.84. The summed E-state index contributed by atoms with van der Waals surface area (Å²) in [6.07, 6.45) is 0.415. The number of nitriles is 1. The molecule has 0 radical (unpaired) electrons. The van der Waals surface area contributed by atoms with Gasteiger partial charge in [-0.2, -0.15) is 5.26 Å². The van der Waals surface area contributed by atoms with Gasteiger partial charge in [-0.3, -0.25) is 4.79 Å². The molecule has 1 saturated heterocycles. The molecule has 3 rings (SSSR count). The lowest BCUT2D eigenvalue weighted by Gasteiger charge is -2.35. The molecule has 1 aliphatic rings. The highest BCUT2D eigenvalue weighted by molar-refractivity contribution is 8.00. The second-order valence-corrected chi connectivity index (χ2v) is 7.24. The fourth-order valence-corrected chi connectivity index (χ4v) is 3.32. The summed E-state index contributed by atoms with van der Waals surface area (Å²) in [6, 6.07) is 13.4. The van der Waals surface area contributed by atoms with E-state index >= 15 is 0 Å². The van der Waals surface area contributed by atoms with E-state index in [-0.39, 0.29) is 5.91 Å². The van der Waals surface area contributed by atoms with Gasteiger partial charge in [-0.05, 0) is 29.8 Å². The highest BCUT2D eigenvalue weighted by atomic mass is 32.2. The molecule has 0 saturated carbocycles. The van der Waals surface area contributed by atoms with Crippen molar-refractivity contribution in [3.63, 3.8) is 0 Å². The molecular weight excluding hydrogens is 360 g/mol. The van der Waals surface area contributed by atoms with Crippen LogP contribution in [0.4, 0.5) is 11.5 Å². The lowest BCUT2D eigenvalue weighted by atomic mass is 10.1. The number of rotatable bonds is 6. The van der Waals surface area contributed by atoms with Gasteiger partial charge in [-0.15, -0.1) is 10.2 Å². The first-order chi connectivity index (χ1) is 13.2. The van der Waals surface area contributed by atoms with Crippen molar-refractivity contribution >= 4 is 29.4 Å². The standard InChI is InChI=1S/C19H22N6OS/c1-2-27-23-16-5-3-15(4-6-16)13-19(26)25-11-9-24(10-12-25)18-8-7-17(14-20)21-22-18/h3-8,23H,2,9-13H2,1H3. The van der Waals surface area contributed by atoms with E-state index in [9.17, 15) is 4.79 Å². The van der Waals surface area contributed by atoms with E-state index < -0.39 is 0 Å². The van der Waals surface area contributed by atoms with E-state index in [0.29, 0.717) is 38.3 Å². The Bertz CT molecular complexity index is 794. The molecule has 0 unspecified atom stereocenters. The summed E-state index contributed by atoms with van der Waals surface area (Å²) in [7, 11) is 0. The molecule has 7 nitrogen and oxygen atoms in total. The van der Waals surface area contributed by atoms with Crippen molar-refractivity contribution in [2.24, 2.45) is 0 Å². The maximum Gasteiger partial charge on any atom is 0.227 e. The van der Waals surface area contributed by atoms with E-state index in [0.717, 1.165) is 22.8 Å². The van der Waals surface area contributed by atoms with Gasteiger partial charge in [0.15, 0.2) is 11.5 Å². The number of carbonyl (C=O) groups excluding carboxylic acids is 1. The first kappa shape index (κ1) is 19.0. The van der Waals surface area contributed by atoms with Crippen molar-refractivity contribution in [1.82, 2.24) is 15.1 Å². The van der Waals surface area contributed by atoms with Crippen LogP contribution in [0.2, 0.25) is 0 Å². The van der Waals surface area contributed by atoms with E-state index in [1.165, 1.54) is 0 Å². The van der Waals surface area contributed by atoms with E-state index in [1.807, 2.05) is 35.2 Å². The zero-order valence-corrected chi connectivity index (χ0v) is 16.1. The van der Waals surface area contributed by atoms with Crippen LogP contribution in [0.1, 0.15) is 18.2 Å². The summed E-state index contributed by atoms with van der Waals surface area (Å²) in [5.41, 5.74) is 2.38. The number of nitrogens with zero attached hydrogens (tertiary/aromatic N) is 5. The molecular formula is C19H22N6OS. The summed E-state index contributed by atoms with van der Waals surface area (Å²) < 4.78 is 3.25. The molecule has 0 atom stereocenters. The highest BCUT2D eigenvalue weighted by Gasteiger charge is 2.22. The number of aromatic nitrogens is 2. The van der Waals surface area contributed by atoms with Crippen molar-refractivity contribution in [3.05, 3.63) is 47.7 Å². The molecule has 1 fully saturated rings. The van der Waals surface area contributed by atoms with Crippen LogP contribution in [0.3, 0.4) is 0 Å². The second kappa shape index (κ2) is 9.24. The molecule has 1 aromatic heterocycles. The molecule has 1 aliphatic heterocycles. The highest BCUT2D eigenvalue weighted by Crippen LogP contribution is 2.16. The quantitative estimate of drug-likeness (QED) is 0.768. The van der Waals surface area contributed by atoms with Gasteiger partial charge < -0.3 is 14.5 Å². The molecule has 1 aromatic carbocycles. The lowest BCUT2D eigenvalue weighted by Crippen LogP contribution is -2.49. The predicted molar refractivity (Wildman–Crippen MR) is 107 cm³/mol. The van der Waals surface area contributed by atoms with E-state index in [2.05, 4.69) is 26.7 Å². The molecule has 2 heterocycles. The van der Waals surface area contributed by atoms with Crippen LogP contribution < -0.4 is 9.62 Å². The average molecular weight is 382 g/mol. The van der Waals surface area contributed by atoms with Gasteiger partial charge in [0.1, 0.15) is 6.07 Å². The van der Waals surface area contributed by atoms with Crippen molar-refractivity contribution in [1.29, 1.82) is 5.26 Å². The number of anilines is 2.